The number of hydrogen-bond acceptors (Lipinski definition) is 3. The van der Waals surface area contributed by atoms with Crippen molar-refractivity contribution in [2.24, 2.45) is 0 Å². The Morgan fingerprint density at radius 1 is 1.45 bits per heavy atom. The van der Waals surface area contributed by atoms with Gasteiger partial charge in [0, 0.05) is 24.2 Å². The molecule has 2 N–H and O–H groups in total. The molecular weight excluding hydrogens is 311 g/mol. The summed E-state index contributed by atoms with van der Waals surface area (Å²) in [6, 6.07) is 2.68. The third-order valence-electron chi connectivity index (χ3n) is 3.66. The third-order valence-corrected chi connectivity index (χ3v) is 3.95. The van der Waals surface area contributed by atoms with E-state index in [2.05, 4.69) is 5.32 Å². The number of fused-ring (bicyclic) bond motifs is 1. The van der Waals surface area contributed by atoms with Gasteiger partial charge in [-0.1, -0.05) is 11.6 Å². The van der Waals surface area contributed by atoms with Gasteiger partial charge in [-0.3, -0.25) is 9.59 Å². The van der Waals surface area contributed by atoms with Crippen LogP contribution in [0.25, 0.3) is 10.9 Å². The van der Waals surface area contributed by atoms with E-state index >= 15 is 0 Å². The highest BCUT2D eigenvalue weighted by Gasteiger charge is 2.27. The first-order valence-electron chi connectivity index (χ1n) is 6.96. The van der Waals surface area contributed by atoms with E-state index in [0.717, 1.165) is 18.9 Å². The van der Waals surface area contributed by atoms with Crippen molar-refractivity contribution >= 4 is 28.4 Å². The number of aromatic nitrogens is 1. The van der Waals surface area contributed by atoms with E-state index < -0.39 is 17.2 Å². The molecule has 1 saturated carbocycles. The molecule has 1 heterocycles. The fourth-order valence-corrected chi connectivity index (χ4v) is 2.58. The number of carbonyl (C=O) groups is 1. The second-order valence-electron chi connectivity index (χ2n) is 5.27. The van der Waals surface area contributed by atoms with Gasteiger partial charge >= 0.3 is 0 Å². The lowest BCUT2D eigenvalue weighted by Gasteiger charge is -2.13. The minimum absolute atomic E-state index is 0.0503. The van der Waals surface area contributed by atoms with Crippen LogP contribution < -0.4 is 10.7 Å². The summed E-state index contributed by atoms with van der Waals surface area (Å²) < 4.78 is 15.5. The molecule has 1 aromatic carbocycles. The molecule has 2 aromatic rings. The number of halogens is 2. The lowest BCUT2D eigenvalue weighted by atomic mass is 10.1. The highest BCUT2D eigenvalue weighted by atomic mass is 35.5. The van der Waals surface area contributed by atoms with E-state index in [9.17, 15) is 14.0 Å². The molecule has 1 amide bonds. The van der Waals surface area contributed by atoms with E-state index in [1.807, 2.05) is 0 Å². The SMILES string of the molecule is O=C(NCCO)c1cn(C2CC2)c2cc(Cl)c(F)cc2c1=O. The van der Waals surface area contributed by atoms with Gasteiger partial charge in [0.25, 0.3) is 5.91 Å². The van der Waals surface area contributed by atoms with Gasteiger partial charge in [-0.25, -0.2) is 4.39 Å². The van der Waals surface area contributed by atoms with Crippen molar-refractivity contribution in [1.82, 2.24) is 9.88 Å². The number of hydrogen-bond donors (Lipinski definition) is 2. The van der Waals surface area contributed by atoms with Gasteiger partial charge in [-0.2, -0.15) is 0 Å². The maximum absolute atomic E-state index is 13.7. The highest BCUT2D eigenvalue weighted by Crippen LogP contribution is 2.37. The van der Waals surface area contributed by atoms with Crippen molar-refractivity contribution < 1.29 is 14.3 Å². The summed E-state index contributed by atoms with van der Waals surface area (Å²) in [4.78, 5) is 24.5. The van der Waals surface area contributed by atoms with Gasteiger partial charge < -0.3 is 15.0 Å². The second kappa shape index (κ2) is 5.70. The van der Waals surface area contributed by atoms with E-state index in [1.165, 1.54) is 12.3 Å². The average Bonchev–Trinajstić information content (AvgIpc) is 3.32. The van der Waals surface area contributed by atoms with Crippen LogP contribution in [0.2, 0.25) is 5.02 Å². The van der Waals surface area contributed by atoms with E-state index in [1.54, 1.807) is 4.57 Å². The van der Waals surface area contributed by atoms with Crippen molar-refractivity contribution in [2.45, 2.75) is 18.9 Å². The van der Waals surface area contributed by atoms with Crippen LogP contribution in [0.4, 0.5) is 4.39 Å². The molecular formula is C15H14ClFN2O3. The zero-order valence-corrected chi connectivity index (χ0v) is 12.4. The molecule has 7 heteroatoms. The molecule has 0 unspecified atom stereocenters. The van der Waals surface area contributed by atoms with E-state index in [-0.39, 0.29) is 35.2 Å². The number of nitrogens with one attached hydrogen (secondary N) is 1. The lowest BCUT2D eigenvalue weighted by molar-refractivity contribution is 0.0943. The molecule has 22 heavy (non-hydrogen) atoms. The Hall–Kier alpha value is -1.92. The van der Waals surface area contributed by atoms with Crippen molar-refractivity contribution in [3.63, 3.8) is 0 Å². The largest absolute Gasteiger partial charge is 0.395 e. The monoisotopic (exact) mass is 324 g/mol. The molecule has 0 saturated heterocycles. The predicted molar refractivity (Wildman–Crippen MR) is 80.9 cm³/mol. The number of aliphatic hydroxyl groups is 1. The molecule has 116 valence electrons. The van der Waals surface area contributed by atoms with Gasteiger partial charge in [0.05, 0.1) is 17.1 Å². The van der Waals surface area contributed by atoms with Crippen LogP contribution in [-0.2, 0) is 0 Å². The van der Waals surface area contributed by atoms with Crippen LogP contribution in [0.15, 0.2) is 23.1 Å². The molecule has 1 aliphatic rings. The Balaban J connectivity index is 2.22. The first kappa shape index (κ1) is 15.0. The Kier molecular flexibility index (Phi) is 3.88. The lowest BCUT2D eigenvalue weighted by Crippen LogP contribution is -2.31. The smallest absolute Gasteiger partial charge is 0.256 e. The third kappa shape index (κ3) is 2.60. The summed E-state index contributed by atoms with van der Waals surface area (Å²) in [5.41, 5.74) is -0.0786. The fraction of sp³-hybridized carbons (Fsp3) is 0.333. The summed E-state index contributed by atoms with van der Waals surface area (Å²) in [6.07, 6.45) is 3.36. The number of pyridine rings is 1. The number of rotatable bonds is 4. The topological polar surface area (TPSA) is 71.3 Å². The molecule has 0 aliphatic heterocycles. The summed E-state index contributed by atoms with van der Waals surface area (Å²) >= 11 is 5.81. The van der Waals surface area contributed by atoms with E-state index in [0.29, 0.717) is 5.52 Å². The summed E-state index contributed by atoms with van der Waals surface area (Å²) in [5.74, 6) is -1.27. The number of amides is 1. The molecule has 5 nitrogen and oxygen atoms in total. The standard InChI is InChI=1S/C15H14ClFN2O3/c16-11-6-13-9(5-12(11)17)14(21)10(15(22)18-3-4-20)7-19(13)8-1-2-8/h5-8,20H,1-4H2,(H,18,22). The van der Waals surface area contributed by atoms with Crippen LogP contribution >= 0.6 is 11.6 Å². The Morgan fingerprint density at radius 3 is 2.82 bits per heavy atom. The summed E-state index contributed by atoms with van der Waals surface area (Å²) in [6.45, 7) is -0.172. The van der Waals surface area contributed by atoms with Crippen molar-refractivity contribution in [3.8, 4) is 0 Å². The highest BCUT2D eigenvalue weighted by molar-refractivity contribution is 6.31. The molecule has 0 bridgehead atoms. The maximum atomic E-state index is 13.7. The normalized spacial score (nSPS) is 14.3. The quantitative estimate of drug-likeness (QED) is 0.901. The van der Waals surface area contributed by atoms with Crippen LogP contribution in [0.5, 0.6) is 0 Å². The molecule has 0 spiro atoms. The Bertz CT molecular complexity index is 815. The van der Waals surface area contributed by atoms with Gasteiger partial charge in [0.2, 0.25) is 5.43 Å². The zero-order chi connectivity index (χ0) is 15.9. The van der Waals surface area contributed by atoms with Crippen LogP contribution in [0, 0.1) is 5.82 Å². The fourth-order valence-electron chi connectivity index (χ4n) is 2.43. The van der Waals surface area contributed by atoms with Gasteiger partial charge in [-0.05, 0) is 25.0 Å². The summed E-state index contributed by atoms with van der Waals surface area (Å²) in [7, 11) is 0. The van der Waals surface area contributed by atoms with E-state index in [4.69, 9.17) is 16.7 Å². The predicted octanol–water partition coefficient (Wildman–Crippen LogP) is 1.85. The first-order chi connectivity index (χ1) is 10.5. The van der Waals surface area contributed by atoms with Gasteiger partial charge in [0.15, 0.2) is 0 Å². The molecule has 0 atom stereocenters. The Morgan fingerprint density at radius 2 is 2.18 bits per heavy atom. The van der Waals surface area contributed by atoms with Crippen molar-refractivity contribution in [1.29, 1.82) is 0 Å². The van der Waals surface area contributed by atoms with Gasteiger partial charge in [0.1, 0.15) is 11.4 Å². The van der Waals surface area contributed by atoms with Crippen LogP contribution in [-0.4, -0.2) is 28.7 Å². The number of carbonyl (C=O) groups excluding carboxylic acids is 1. The van der Waals surface area contributed by atoms with Crippen molar-refractivity contribution in [2.75, 3.05) is 13.2 Å². The molecule has 3 rings (SSSR count). The Labute approximate surface area is 130 Å². The zero-order valence-electron chi connectivity index (χ0n) is 11.6. The van der Waals surface area contributed by atoms with Crippen LogP contribution in [0.3, 0.4) is 0 Å². The number of aliphatic hydroxyl groups excluding tert-OH is 1. The number of nitrogens with zero attached hydrogens (tertiary/aromatic N) is 1. The average molecular weight is 325 g/mol. The minimum atomic E-state index is -0.693. The van der Waals surface area contributed by atoms with Gasteiger partial charge in [-0.15, -0.1) is 0 Å². The maximum Gasteiger partial charge on any atom is 0.256 e. The summed E-state index contributed by atoms with van der Waals surface area (Å²) in [5, 5.41) is 11.3. The minimum Gasteiger partial charge on any atom is -0.395 e. The molecule has 1 fully saturated rings. The molecule has 1 aliphatic carbocycles. The van der Waals surface area contributed by atoms with Crippen LogP contribution in [0.1, 0.15) is 29.2 Å². The number of benzene rings is 1. The first-order valence-corrected chi connectivity index (χ1v) is 7.33. The second-order valence-corrected chi connectivity index (χ2v) is 5.68. The van der Waals surface area contributed by atoms with Crippen molar-refractivity contribution in [3.05, 3.63) is 45.0 Å². The molecule has 1 aromatic heterocycles. The molecule has 0 radical (unpaired) electrons.